The summed E-state index contributed by atoms with van der Waals surface area (Å²) in [5.41, 5.74) is -1.49. The predicted molar refractivity (Wildman–Crippen MR) is 53.4 cm³/mol. The third-order valence-electron chi connectivity index (χ3n) is 2.48. The van der Waals surface area contributed by atoms with Crippen LogP contribution in [0.3, 0.4) is 0 Å². The van der Waals surface area contributed by atoms with Gasteiger partial charge in [0.2, 0.25) is 0 Å². The van der Waals surface area contributed by atoms with Gasteiger partial charge in [-0.05, 0) is 6.42 Å². The molecule has 1 N–H and O–H groups in total. The van der Waals surface area contributed by atoms with Crippen molar-refractivity contribution >= 4 is 12.1 Å². The lowest BCUT2D eigenvalue weighted by Gasteiger charge is -2.17. The zero-order valence-electron chi connectivity index (χ0n) is 8.68. The van der Waals surface area contributed by atoms with Crippen LogP contribution in [0.2, 0.25) is 0 Å². The third kappa shape index (κ3) is 2.14. The molecule has 16 heavy (non-hydrogen) atoms. The van der Waals surface area contributed by atoms with Gasteiger partial charge in [0.15, 0.2) is 5.41 Å². The maximum Gasteiger partial charge on any atom is 0.410 e. The Bertz CT molecular complexity index is 360. The number of nitrogens with zero attached hydrogens (tertiary/aromatic N) is 2. The number of likely N-dealkylation sites (tertiary alicyclic amines) is 1. The highest BCUT2D eigenvalue weighted by atomic mass is 16.6. The second-order valence-electron chi connectivity index (χ2n) is 3.54. The van der Waals surface area contributed by atoms with E-state index in [4.69, 9.17) is 15.1 Å². The van der Waals surface area contributed by atoms with Crippen LogP contribution in [0.15, 0.2) is 12.7 Å². The van der Waals surface area contributed by atoms with Gasteiger partial charge in [-0.15, -0.1) is 0 Å². The minimum absolute atomic E-state index is 0.0714. The van der Waals surface area contributed by atoms with Crippen LogP contribution < -0.4 is 0 Å². The molecule has 1 rings (SSSR count). The van der Waals surface area contributed by atoms with E-state index in [0.29, 0.717) is 0 Å². The molecule has 1 aliphatic heterocycles. The van der Waals surface area contributed by atoms with E-state index in [1.807, 2.05) is 0 Å². The monoisotopic (exact) mass is 224 g/mol. The molecule has 1 amide bonds. The zero-order chi connectivity index (χ0) is 12.2. The van der Waals surface area contributed by atoms with Crippen LogP contribution in [0.4, 0.5) is 4.79 Å². The number of nitriles is 1. The van der Waals surface area contributed by atoms with Gasteiger partial charge in [-0.3, -0.25) is 4.79 Å². The van der Waals surface area contributed by atoms with Gasteiger partial charge in [0.1, 0.15) is 6.61 Å². The molecule has 1 saturated heterocycles. The van der Waals surface area contributed by atoms with E-state index in [-0.39, 0.29) is 26.1 Å². The molecule has 1 unspecified atom stereocenters. The topological polar surface area (TPSA) is 90.6 Å². The third-order valence-corrected chi connectivity index (χ3v) is 2.48. The first-order chi connectivity index (χ1) is 7.55. The van der Waals surface area contributed by atoms with E-state index in [2.05, 4.69) is 6.58 Å². The van der Waals surface area contributed by atoms with Crippen LogP contribution in [-0.2, 0) is 9.53 Å². The predicted octanol–water partition coefficient (Wildman–Crippen LogP) is 0.609. The summed E-state index contributed by atoms with van der Waals surface area (Å²) >= 11 is 0. The highest BCUT2D eigenvalue weighted by molar-refractivity contribution is 5.80. The van der Waals surface area contributed by atoms with E-state index in [1.54, 1.807) is 6.07 Å². The summed E-state index contributed by atoms with van der Waals surface area (Å²) in [6.07, 6.45) is 0.934. The average molecular weight is 224 g/mol. The van der Waals surface area contributed by atoms with E-state index in [1.165, 1.54) is 11.0 Å². The molecule has 0 aromatic rings. The van der Waals surface area contributed by atoms with E-state index < -0.39 is 17.5 Å². The molecular weight excluding hydrogens is 212 g/mol. The second-order valence-corrected chi connectivity index (χ2v) is 3.54. The standard InChI is InChI=1S/C10H12N2O4/c1-2-5-16-9(15)12-4-3-10(6-11,7-12)8(13)14/h2H,1,3-5,7H2,(H,13,14). The smallest absolute Gasteiger partial charge is 0.410 e. The Morgan fingerprint density at radius 1 is 1.69 bits per heavy atom. The van der Waals surface area contributed by atoms with Crippen molar-refractivity contribution in [3.05, 3.63) is 12.7 Å². The van der Waals surface area contributed by atoms with Gasteiger partial charge in [-0.25, -0.2) is 4.79 Å². The van der Waals surface area contributed by atoms with Gasteiger partial charge in [0.05, 0.1) is 12.6 Å². The van der Waals surface area contributed by atoms with Crippen LogP contribution in [-0.4, -0.2) is 41.8 Å². The molecule has 0 aromatic carbocycles. The molecule has 0 radical (unpaired) electrons. The molecule has 0 aromatic heterocycles. The maximum atomic E-state index is 11.4. The lowest BCUT2D eigenvalue weighted by atomic mass is 9.89. The molecule has 0 bridgehead atoms. The van der Waals surface area contributed by atoms with Crippen molar-refractivity contribution in [2.45, 2.75) is 6.42 Å². The molecule has 86 valence electrons. The van der Waals surface area contributed by atoms with Crippen molar-refractivity contribution < 1.29 is 19.4 Å². The van der Waals surface area contributed by atoms with Gasteiger partial charge in [-0.2, -0.15) is 5.26 Å². The summed E-state index contributed by atoms with van der Waals surface area (Å²) in [6.45, 7) is 3.55. The first-order valence-electron chi connectivity index (χ1n) is 4.73. The molecule has 1 heterocycles. The number of hydrogen-bond acceptors (Lipinski definition) is 4. The molecule has 1 fully saturated rings. The molecule has 1 aliphatic rings. The Kier molecular flexibility index (Phi) is 3.51. The molecule has 0 saturated carbocycles. The Hall–Kier alpha value is -2.03. The Labute approximate surface area is 92.7 Å². The Morgan fingerprint density at radius 2 is 2.38 bits per heavy atom. The van der Waals surface area contributed by atoms with Crippen molar-refractivity contribution in [1.82, 2.24) is 4.90 Å². The first kappa shape index (κ1) is 12.0. The number of amides is 1. The first-order valence-corrected chi connectivity index (χ1v) is 4.73. The molecule has 0 spiro atoms. The molecular formula is C10H12N2O4. The fraction of sp³-hybridized carbons (Fsp3) is 0.500. The largest absolute Gasteiger partial charge is 0.480 e. The number of carbonyl (C=O) groups is 2. The van der Waals surface area contributed by atoms with Crippen molar-refractivity contribution in [3.8, 4) is 6.07 Å². The summed E-state index contributed by atoms with van der Waals surface area (Å²) in [5.74, 6) is -1.20. The van der Waals surface area contributed by atoms with Gasteiger partial charge < -0.3 is 14.7 Å². The lowest BCUT2D eigenvalue weighted by molar-refractivity contribution is -0.144. The van der Waals surface area contributed by atoms with Crippen LogP contribution >= 0.6 is 0 Å². The van der Waals surface area contributed by atoms with E-state index in [0.717, 1.165) is 0 Å². The minimum Gasteiger partial charge on any atom is -0.480 e. The number of carboxylic acids is 1. The van der Waals surface area contributed by atoms with Crippen molar-refractivity contribution in [1.29, 1.82) is 5.26 Å². The van der Waals surface area contributed by atoms with Gasteiger partial charge >= 0.3 is 12.1 Å². The van der Waals surface area contributed by atoms with E-state index >= 15 is 0 Å². The Balaban J connectivity index is 2.64. The fourth-order valence-electron chi connectivity index (χ4n) is 1.50. The second kappa shape index (κ2) is 4.66. The SMILES string of the molecule is C=CCOC(=O)N1CCC(C#N)(C(=O)O)C1. The molecule has 6 heteroatoms. The summed E-state index contributed by atoms with van der Waals surface area (Å²) in [6, 6.07) is 1.75. The zero-order valence-corrected chi connectivity index (χ0v) is 8.68. The highest BCUT2D eigenvalue weighted by Gasteiger charge is 2.47. The Morgan fingerprint density at radius 3 is 2.81 bits per heavy atom. The molecule has 1 atom stereocenters. The molecule has 6 nitrogen and oxygen atoms in total. The van der Waals surface area contributed by atoms with Gasteiger partial charge in [0, 0.05) is 6.54 Å². The molecule has 0 aliphatic carbocycles. The van der Waals surface area contributed by atoms with Gasteiger partial charge in [-0.1, -0.05) is 12.7 Å². The summed E-state index contributed by atoms with van der Waals surface area (Å²) in [5, 5.41) is 17.8. The maximum absolute atomic E-state index is 11.4. The number of aliphatic carboxylic acids is 1. The van der Waals surface area contributed by atoms with E-state index in [9.17, 15) is 9.59 Å². The summed E-state index contributed by atoms with van der Waals surface area (Å²) < 4.78 is 4.76. The fourth-order valence-corrected chi connectivity index (χ4v) is 1.50. The van der Waals surface area contributed by atoms with Crippen LogP contribution in [0.25, 0.3) is 0 Å². The normalized spacial score (nSPS) is 23.6. The lowest BCUT2D eigenvalue weighted by Crippen LogP contribution is -2.36. The quantitative estimate of drug-likeness (QED) is 0.709. The average Bonchev–Trinajstić information content (AvgIpc) is 2.71. The summed E-state index contributed by atoms with van der Waals surface area (Å²) in [7, 11) is 0. The van der Waals surface area contributed by atoms with Crippen LogP contribution in [0.5, 0.6) is 0 Å². The van der Waals surface area contributed by atoms with Crippen molar-refractivity contribution in [2.24, 2.45) is 5.41 Å². The minimum atomic E-state index is -1.49. The van der Waals surface area contributed by atoms with Gasteiger partial charge in [0.25, 0.3) is 0 Å². The number of carboxylic acid groups (broad SMARTS) is 1. The number of rotatable bonds is 3. The number of ether oxygens (including phenoxy) is 1. The number of carbonyl (C=O) groups excluding carboxylic acids is 1. The van der Waals surface area contributed by atoms with Crippen molar-refractivity contribution in [3.63, 3.8) is 0 Å². The summed E-state index contributed by atoms with van der Waals surface area (Å²) in [4.78, 5) is 23.5. The highest BCUT2D eigenvalue weighted by Crippen LogP contribution is 2.30. The van der Waals surface area contributed by atoms with Crippen LogP contribution in [0, 0.1) is 16.7 Å². The number of hydrogen-bond donors (Lipinski definition) is 1. The van der Waals surface area contributed by atoms with Crippen molar-refractivity contribution in [2.75, 3.05) is 19.7 Å². The van der Waals surface area contributed by atoms with Crippen LogP contribution in [0.1, 0.15) is 6.42 Å².